The number of piperidine rings is 1. The fourth-order valence-corrected chi connectivity index (χ4v) is 3.87. The smallest absolute Gasteiger partial charge is 0.123 e. The van der Waals surface area contributed by atoms with Gasteiger partial charge in [0.15, 0.2) is 0 Å². The topological polar surface area (TPSA) is 50.1 Å². The van der Waals surface area contributed by atoms with Crippen LogP contribution < -0.4 is 5.32 Å². The molecule has 4 rings (SSSR count). The Morgan fingerprint density at radius 3 is 2.68 bits per heavy atom. The molecule has 0 radical (unpaired) electrons. The molecule has 1 fully saturated rings. The zero-order chi connectivity index (χ0) is 17.9. The molecule has 1 saturated heterocycles. The predicted octanol–water partition coefficient (Wildman–Crippen LogP) is 4.58. The van der Waals surface area contributed by atoms with Crippen LogP contribution in [0.3, 0.4) is 0 Å². The molecule has 1 aliphatic rings. The zero-order valence-corrected chi connectivity index (χ0v) is 17.2. The summed E-state index contributed by atoms with van der Waals surface area (Å²) in [5, 5.41) is 13.5. The molecule has 1 aromatic heterocycles. The van der Waals surface area contributed by atoms with Crippen LogP contribution in [0.1, 0.15) is 25.7 Å². The maximum absolute atomic E-state index is 13.3. The number of benzene rings is 2. The Balaban J connectivity index is 0.00000140. The highest BCUT2D eigenvalue weighted by Gasteiger charge is 2.21. The minimum absolute atomic E-state index is 0. The first-order valence-corrected chi connectivity index (χ1v) is 9.33. The van der Waals surface area contributed by atoms with Crippen molar-refractivity contribution in [3.63, 3.8) is 0 Å². The Morgan fingerprint density at radius 1 is 1.14 bits per heavy atom. The second-order valence-electron chi connectivity index (χ2n) is 7.03. The van der Waals surface area contributed by atoms with Gasteiger partial charge in [-0.15, -0.1) is 24.8 Å². The molecule has 1 aliphatic heterocycles. The Morgan fingerprint density at radius 2 is 1.93 bits per heavy atom. The van der Waals surface area contributed by atoms with Crippen LogP contribution in [0.2, 0.25) is 0 Å². The van der Waals surface area contributed by atoms with Crippen molar-refractivity contribution in [2.45, 2.75) is 44.4 Å². The minimum Gasteiger partial charge on any atom is -0.392 e. The van der Waals surface area contributed by atoms with Crippen molar-refractivity contribution in [3.05, 3.63) is 54.6 Å². The number of halogens is 3. The standard InChI is InChI=1S/C21H24FN3O.2ClH/c22-16-10-8-15(9-11-16)17-4-1-5-19-21(17)25(14-24-19)13-3-6-18-20(26)7-2-12-23-18;;/h1,4-5,8-11,14,18,20,23,26H,2-3,6-7,12-13H2;2*1H/t18-,20+;;/m1../s1. The molecule has 2 heterocycles. The molecule has 7 heteroatoms. The van der Waals surface area contributed by atoms with Gasteiger partial charge in [-0.25, -0.2) is 9.37 Å². The summed E-state index contributed by atoms with van der Waals surface area (Å²) in [6.45, 7) is 1.84. The number of imidazole rings is 1. The van der Waals surface area contributed by atoms with Crippen molar-refractivity contribution in [2.24, 2.45) is 0 Å². The van der Waals surface area contributed by atoms with Crippen molar-refractivity contribution < 1.29 is 9.50 Å². The average Bonchev–Trinajstić information content (AvgIpc) is 3.07. The summed E-state index contributed by atoms with van der Waals surface area (Å²) in [5.41, 5.74) is 4.08. The quantitative estimate of drug-likeness (QED) is 0.628. The van der Waals surface area contributed by atoms with E-state index in [1.54, 1.807) is 0 Å². The lowest BCUT2D eigenvalue weighted by molar-refractivity contribution is 0.0909. The van der Waals surface area contributed by atoms with Crippen molar-refractivity contribution in [1.82, 2.24) is 14.9 Å². The highest BCUT2D eigenvalue weighted by atomic mass is 35.5. The summed E-state index contributed by atoms with van der Waals surface area (Å²) >= 11 is 0. The molecule has 0 spiro atoms. The van der Waals surface area contributed by atoms with Crippen LogP contribution in [-0.4, -0.2) is 33.3 Å². The molecule has 2 N–H and O–H groups in total. The average molecular weight is 426 g/mol. The summed E-state index contributed by atoms with van der Waals surface area (Å²) in [4.78, 5) is 4.53. The van der Waals surface area contributed by atoms with Crippen molar-refractivity contribution >= 4 is 35.8 Å². The third-order valence-corrected chi connectivity index (χ3v) is 5.26. The molecule has 0 amide bonds. The van der Waals surface area contributed by atoms with Gasteiger partial charge in [-0.3, -0.25) is 0 Å². The van der Waals surface area contributed by atoms with Gasteiger partial charge in [0.05, 0.1) is 23.5 Å². The first-order valence-electron chi connectivity index (χ1n) is 9.33. The summed E-state index contributed by atoms with van der Waals surface area (Å²) < 4.78 is 15.4. The molecule has 0 unspecified atom stereocenters. The first-order chi connectivity index (χ1) is 12.7. The van der Waals surface area contributed by atoms with Crippen LogP contribution >= 0.6 is 24.8 Å². The molecular weight excluding hydrogens is 400 g/mol. The van der Waals surface area contributed by atoms with Crippen LogP contribution in [0.5, 0.6) is 0 Å². The number of nitrogens with zero attached hydrogens (tertiary/aromatic N) is 2. The summed E-state index contributed by atoms with van der Waals surface area (Å²) in [6, 6.07) is 12.8. The van der Waals surface area contributed by atoms with Gasteiger partial charge >= 0.3 is 0 Å². The second kappa shape index (κ2) is 10.2. The van der Waals surface area contributed by atoms with Gasteiger partial charge in [0.2, 0.25) is 0 Å². The molecule has 4 nitrogen and oxygen atoms in total. The number of nitrogens with one attached hydrogen (secondary N) is 1. The molecule has 2 atom stereocenters. The summed E-state index contributed by atoms with van der Waals surface area (Å²) in [5.74, 6) is -0.229. The summed E-state index contributed by atoms with van der Waals surface area (Å²) in [6.07, 6.45) is 5.49. The Bertz CT molecular complexity index is 885. The lowest BCUT2D eigenvalue weighted by Gasteiger charge is -2.29. The number of aromatic nitrogens is 2. The third kappa shape index (κ3) is 4.84. The van der Waals surface area contributed by atoms with Gasteiger partial charge in [0.1, 0.15) is 5.82 Å². The highest BCUT2D eigenvalue weighted by molar-refractivity contribution is 5.92. The van der Waals surface area contributed by atoms with E-state index < -0.39 is 0 Å². The van der Waals surface area contributed by atoms with Crippen LogP contribution in [0.4, 0.5) is 4.39 Å². The van der Waals surface area contributed by atoms with Crippen LogP contribution in [-0.2, 0) is 6.54 Å². The lowest BCUT2D eigenvalue weighted by Crippen LogP contribution is -2.44. The normalized spacial score (nSPS) is 19.1. The second-order valence-corrected chi connectivity index (χ2v) is 7.03. The van der Waals surface area contributed by atoms with E-state index >= 15 is 0 Å². The zero-order valence-electron chi connectivity index (χ0n) is 15.6. The van der Waals surface area contributed by atoms with E-state index in [-0.39, 0.29) is 42.8 Å². The van der Waals surface area contributed by atoms with Crippen molar-refractivity contribution in [1.29, 1.82) is 0 Å². The van der Waals surface area contributed by atoms with E-state index in [4.69, 9.17) is 0 Å². The molecule has 152 valence electrons. The molecule has 3 aromatic rings. The fraction of sp³-hybridized carbons (Fsp3) is 0.381. The molecular formula is C21H26Cl2FN3O. The highest BCUT2D eigenvalue weighted by Crippen LogP contribution is 2.28. The number of aliphatic hydroxyl groups excluding tert-OH is 1. The van der Waals surface area contributed by atoms with Gasteiger partial charge in [-0.1, -0.05) is 24.3 Å². The van der Waals surface area contributed by atoms with Crippen LogP contribution in [0, 0.1) is 5.82 Å². The number of aryl methyl sites for hydroxylation is 1. The molecule has 2 aromatic carbocycles. The maximum atomic E-state index is 13.3. The van der Waals surface area contributed by atoms with E-state index in [0.29, 0.717) is 0 Å². The Kier molecular flexibility index (Phi) is 8.25. The summed E-state index contributed by atoms with van der Waals surface area (Å²) in [7, 11) is 0. The fourth-order valence-electron chi connectivity index (χ4n) is 3.87. The van der Waals surface area contributed by atoms with Crippen LogP contribution in [0.25, 0.3) is 22.2 Å². The van der Waals surface area contributed by atoms with Gasteiger partial charge in [0.25, 0.3) is 0 Å². The van der Waals surface area contributed by atoms with Crippen LogP contribution in [0.15, 0.2) is 48.8 Å². The number of hydrogen-bond donors (Lipinski definition) is 2. The van der Waals surface area contributed by atoms with Gasteiger partial charge in [-0.05, 0) is 56.0 Å². The number of aliphatic hydroxyl groups is 1. The predicted molar refractivity (Wildman–Crippen MR) is 116 cm³/mol. The Hall–Kier alpha value is -1.66. The minimum atomic E-state index is -0.238. The molecule has 0 bridgehead atoms. The van der Waals surface area contributed by atoms with Gasteiger partial charge in [-0.2, -0.15) is 0 Å². The first kappa shape index (κ1) is 22.6. The molecule has 28 heavy (non-hydrogen) atoms. The lowest BCUT2D eigenvalue weighted by atomic mass is 9.97. The van der Waals surface area contributed by atoms with E-state index in [1.165, 1.54) is 12.1 Å². The Labute approximate surface area is 177 Å². The van der Waals surface area contributed by atoms with Crippen molar-refractivity contribution in [3.8, 4) is 11.1 Å². The number of hydrogen-bond acceptors (Lipinski definition) is 3. The van der Waals surface area contributed by atoms with E-state index in [2.05, 4.69) is 20.9 Å². The number of fused-ring (bicyclic) bond motifs is 1. The molecule has 0 saturated carbocycles. The molecule has 0 aliphatic carbocycles. The van der Waals surface area contributed by atoms with E-state index in [1.807, 2.05) is 30.6 Å². The van der Waals surface area contributed by atoms with E-state index in [0.717, 1.165) is 60.9 Å². The SMILES string of the molecule is Cl.Cl.O[C@H]1CCCN[C@@H]1CCCn1cnc2cccc(-c3ccc(F)cc3)c21. The maximum Gasteiger partial charge on any atom is 0.123 e. The monoisotopic (exact) mass is 425 g/mol. The number of para-hydroxylation sites is 1. The van der Waals surface area contributed by atoms with Gasteiger partial charge < -0.3 is 15.0 Å². The number of rotatable bonds is 5. The third-order valence-electron chi connectivity index (χ3n) is 5.26. The van der Waals surface area contributed by atoms with Crippen molar-refractivity contribution in [2.75, 3.05) is 6.54 Å². The van der Waals surface area contributed by atoms with E-state index in [9.17, 15) is 9.50 Å². The largest absolute Gasteiger partial charge is 0.392 e. The van der Waals surface area contributed by atoms with Gasteiger partial charge in [0, 0.05) is 18.2 Å².